The number of amides is 1. The standard InChI is InChI=1S/C17H26N2O/c1-12(2)18-16-10-6-5-9-15(16)17(20)19-11-7-8-13(3)14(19)4/h5-6,9-10,12-14,18H,7-8,11H2,1-4H3. The summed E-state index contributed by atoms with van der Waals surface area (Å²) >= 11 is 0. The molecule has 1 aromatic rings. The van der Waals surface area contributed by atoms with Gasteiger partial charge in [0.2, 0.25) is 0 Å². The number of nitrogens with zero attached hydrogens (tertiary/aromatic N) is 1. The van der Waals surface area contributed by atoms with E-state index < -0.39 is 0 Å². The van der Waals surface area contributed by atoms with Crippen LogP contribution in [0.1, 0.15) is 50.9 Å². The van der Waals surface area contributed by atoms with Crippen LogP contribution < -0.4 is 5.32 Å². The number of likely N-dealkylation sites (tertiary alicyclic amines) is 1. The van der Waals surface area contributed by atoms with E-state index in [9.17, 15) is 4.79 Å². The third kappa shape index (κ3) is 3.14. The maximum Gasteiger partial charge on any atom is 0.256 e. The number of nitrogens with one attached hydrogen (secondary N) is 1. The molecule has 1 amide bonds. The topological polar surface area (TPSA) is 32.3 Å². The molecule has 2 atom stereocenters. The van der Waals surface area contributed by atoms with Gasteiger partial charge in [0, 0.05) is 24.3 Å². The van der Waals surface area contributed by atoms with E-state index in [0.717, 1.165) is 24.2 Å². The molecule has 1 aliphatic heterocycles. The number of anilines is 1. The number of para-hydroxylation sites is 1. The summed E-state index contributed by atoms with van der Waals surface area (Å²) in [5.41, 5.74) is 1.74. The van der Waals surface area contributed by atoms with Gasteiger partial charge in [0.1, 0.15) is 0 Å². The van der Waals surface area contributed by atoms with Gasteiger partial charge in [-0.1, -0.05) is 19.1 Å². The highest BCUT2D eigenvalue weighted by molar-refractivity contribution is 5.99. The van der Waals surface area contributed by atoms with Crippen molar-refractivity contribution in [1.82, 2.24) is 4.90 Å². The van der Waals surface area contributed by atoms with E-state index in [1.165, 1.54) is 6.42 Å². The van der Waals surface area contributed by atoms with Crippen molar-refractivity contribution < 1.29 is 4.79 Å². The Morgan fingerprint density at radius 3 is 2.70 bits per heavy atom. The van der Waals surface area contributed by atoms with Crippen LogP contribution in [0.4, 0.5) is 5.69 Å². The van der Waals surface area contributed by atoms with Gasteiger partial charge in [-0.15, -0.1) is 0 Å². The van der Waals surface area contributed by atoms with Crippen LogP contribution >= 0.6 is 0 Å². The number of rotatable bonds is 3. The molecule has 0 spiro atoms. The molecule has 3 nitrogen and oxygen atoms in total. The average Bonchev–Trinajstić information content (AvgIpc) is 2.41. The van der Waals surface area contributed by atoms with Gasteiger partial charge in [0.25, 0.3) is 5.91 Å². The first-order valence-electron chi connectivity index (χ1n) is 7.67. The summed E-state index contributed by atoms with van der Waals surface area (Å²) in [6, 6.07) is 8.48. The Labute approximate surface area is 122 Å². The zero-order chi connectivity index (χ0) is 14.7. The average molecular weight is 274 g/mol. The quantitative estimate of drug-likeness (QED) is 0.910. The van der Waals surface area contributed by atoms with Crippen molar-refractivity contribution in [2.24, 2.45) is 5.92 Å². The highest BCUT2D eigenvalue weighted by Crippen LogP contribution is 2.26. The first-order valence-corrected chi connectivity index (χ1v) is 7.67. The van der Waals surface area contributed by atoms with E-state index in [1.807, 2.05) is 29.2 Å². The van der Waals surface area contributed by atoms with Crippen molar-refractivity contribution in [3.05, 3.63) is 29.8 Å². The highest BCUT2D eigenvalue weighted by atomic mass is 16.2. The van der Waals surface area contributed by atoms with Gasteiger partial charge in [-0.05, 0) is 51.7 Å². The first kappa shape index (κ1) is 14.9. The normalized spacial score (nSPS) is 22.9. The summed E-state index contributed by atoms with van der Waals surface area (Å²) in [4.78, 5) is 14.9. The fraction of sp³-hybridized carbons (Fsp3) is 0.588. The molecule has 2 unspecified atom stereocenters. The molecular weight excluding hydrogens is 248 g/mol. The molecule has 1 saturated heterocycles. The summed E-state index contributed by atoms with van der Waals surface area (Å²) in [7, 11) is 0. The van der Waals surface area contributed by atoms with Crippen LogP contribution in [0.3, 0.4) is 0 Å². The first-order chi connectivity index (χ1) is 9.50. The minimum Gasteiger partial charge on any atom is -0.382 e. The Bertz CT molecular complexity index is 470. The van der Waals surface area contributed by atoms with Gasteiger partial charge in [0.05, 0.1) is 5.56 Å². The number of hydrogen-bond acceptors (Lipinski definition) is 2. The number of benzene rings is 1. The van der Waals surface area contributed by atoms with Crippen molar-refractivity contribution in [3.8, 4) is 0 Å². The van der Waals surface area contributed by atoms with Crippen LogP contribution in [0.2, 0.25) is 0 Å². The number of carbonyl (C=O) groups is 1. The predicted molar refractivity (Wildman–Crippen MR) is 84.1 cm³/mol. The van der Waals surface area contributed by atoms with Gasteiger partial charge in [-0.25, -0.2) is 0 Å². The molecule has 1 aromatic carbocycles. The molecule has 0 bridgehead atoms. The van der Waals surface area contributed by atoms with Crippen LogP contribution in [-0.4, -0.2) is 29.4 Å². The van der Waals surface area contributed by atoms with Gasteiger partial charge in [-0.2, -0.15) is 0 Å². The predicted octanol–water partition coefficient (Wildman–Crippen LogP) is 3.77. The van der Waals surface area contributed by atoms with Gasteiger partial charge >= 0.3 is 0 Å². The molecule has 0 aromatic heterocycles. The van der Waals surface area contributed by atoms with E-state index >= 15 is 0 Å². The van der Waals surface area contributed by atoms with Crippen molar-refractivity contribution in [2.45, 2.75) is 52.6 Å². The number of carbonyl (C=O) groups excluding carboxylic acids is 1. The highest BCUT2D eigenvalue weighted by Gasteiger charge is 2.29. The second kappa shape index (κ2) is 6.29. The SMILES string of the molecule is CC(C)Nc1ccccc1C(=O)N1CCCC(C)C1C. The molecule has 110 valence electrons. The lowest BCUT2D eigenvalue weighted by atomic mass is 9.91. The smallest absolute Gasteiger partial charge is 0.256 e. The summed E-state index contributed by atoms with van der Waals surface area (Å²) in [6.07, 6.45) is 2.33. The van der Waals surface area contributed by atoms with E-state index in [1.54, 1.807) is 0 Å². The minimum absolute atomic E-state index is 0.160. The zero-order valence-electron chi connectivity index (χ0n) is 13.0. The Morgan fingerprint density at radius 2 is 2.00 bits per heavy atom. The largest absolute Gasteiger partial charge is 0.382 e. The minimum atomic E-state index is 0.160. The summed E-state index contributed by atoms with van der Waals surface area (Å²) < 4.78 is 0. The fourth-order valence-electron chi connectivity index (χ4n) is 2.88. The molecular formula is C17H26N2O. The third-order valence-corrected chi connectivity index (χ3v) is 4.24. The van der Waals surface area contributed by atoms with Gasteiger partial charge in [-0.3, -0.25) is 4.79 Å². The van der Waals surface area contributed by atoms with Crippen molar-refractivity contribution in [3.63, 3.8) is 0 Å². The van der Waals surface area contributed by atoms with E-state index in [4.69, 9.17) is 0 Å². The summed E-state index contributed by atoms with van der Waals surface area (Å²) in [6.45, 7) is 9.46. The van der Waals surface area contributed by atoms with Crippen molar-refractivity contribution in [2.75, 3.05) is 11.9 Å². The van der Waals surface area contributed by atoms with Crippen molar-refractivity contribution in [1.29, 1.82) is 0 Å². The van der Waals surface area contributed by atoms with Crippen LogP contribution in [0, 0.1) is 5.92 Å². The molecule has 3 heteroatoms. The van der Waals surface area contributed by atoms with Gasteiger partial charge < -0.3 is 10.2 Å². The summed E-state index contributed by atoms with van der Waals surface area (Å²) in [5, 5.41) is 3.37. The monoisotopic (exact) mass is 274 g/mol. The van der Waals surface area contributed by atoms with Crippen molar-refractivity contribution >= 4 is 11.6 Å². The van der Waals surface area contributed by atoms with E-state index in [0.29, 0.717) is 18.0 Å². The summed E-state index contributed by atoms with van der Waals surface area (Å²) in [5.74, 6) is 0.741. The van der Waals surface area contributed by atoms with Crippen LogP contribution in [0.25, 0.3) is 0 Å². The van der Waals surface area contributed by atoms with E-state index in [2.05, 4.69) is 33.0 Å². The Hall–Kier alpha value is -1.51. The molecule has 2 rings (SSSR count). The molecule has 1 aliphatic rings. The molecule has 0 aliphatic carbocycles. The number of hydrogen-bond donors (Lipinski definition) is 1. The Balaban J connectivity index is 2.24. The van der Waals surface area contributed by atoms with Crippen LogP contribution in [0.15, 0.2) is 24.3 Å². The number of piperidine rings is 1. The van der Waals surface area contributed by atoms with Crippen LogP contribution in [-0.2, 0) is 0 Å². The second-order valence-corrected chi connectivity index (χ2v) is 6.20. The fourth-order valence-corrected chi connectivity index (χ4v) is 2.88. The molecule has 1 heterocycles. The lowest BCUT2D eigenvalue weighted by molar-refractivity contribution is 0.0552. The maximum atomic E-state index is 12.8. The molecule has 0 saturated carbocycles. The second-order valence-electron chi connectivity index (χ2n) is 6.20. The lowest BCUT2D eigenvalue weighted by Crippen LogP contribution is -2.46. The Kier molecular flexibility index (Phi) is 4.69. The molecule has 1 N–H and O–H groups in total. The zero-order valence-corrected chi connectivity index (χ0v) is 13.0. The maximum absolute atomic E-state index is 12.8. The lowest BCUT2D eigenvalue weighted by Gasteiger charge is -2.38. The Morgan fingerprint density at radius 1 is 1.30 bits per heavy atom. The molecule has 1 fully saturated rings. The third-order valence-electron chi connectivity index (χ3n) is 4.24. The molecule has 0 radical (unpaired) electrons. The van der Waals surface area contributed by atoms with Gasteiger partial charge in [0.15, 0.2) is 0 Å². The molecule has 20 heavy (non-hydrogen) atoms. The van der Waals surface area contributed by atoms with E-state index in [-0.39, 0.29) is 5.91 Å². The van der Waals surface area contributed by atoms with Crippen LogP contribution in [0.5, 0.6) is 0 Å².